The number of Topliss-reactive ketones (excluding diaryl/α,β-unsaturated/α-hetero) is 1. The van der Waals surface area contributed by atoms with Crippen LogP contribution in [0.1, 0.15) is 17.3 Å². The number of sulfonamides is 1. The van der Waals surface area contributed by atoms with Crippen molar-refractivity contribution in [2.24, 2.45) is 0 Å². The number of aliphatic carboxylic acids is 1. The first-order chi connectivity index (χ1) is 9.78. The van der Waals surface area contributed by atoms with Gasteiger partial charge in [0.05, 0.1) is 11.5 Å². The fraction of sp³-hybridized carbons (Fsp3) is 0.385. The van der Waals surface area contributed by atoms with Crippen molar-refractivity contribution < 1.29 is 27.9 Å². The van der Waals surface area contributed by atoms with Crippen LogP contribution in [0, 0.1) is 0 Å². The molecule has 0 bridgehead atoms. The molecule has 0 saturated carbocycles. The summed E-state index contributed by atoms with van der Waals surface area (Å²) in [5, 5.41) is 8.84. The Morgan fingerprint density at radius 3 is 2.52 bits per heavy atom. The summed E-state index contributed by atoms with van der Waals surface area (Å²) in [5.74, 6) is -1.54. The number of hydrogen-bond donors (Lipinski definition) is 1. The zero-order valence-corrected chi connectivity index (χ0v) is 12.6. The normalized spacial score (nSPS) is 11.6. The first-order valence-corrected chi connectivity index (χ1v) is 7.55. The maximum Gasteiger partial charge on any atom is 0.318 e. The molecule has 1 aromatic carbocycles. The van der Waals surface area contributed by atoms with Crippen LogP contribution in [0.25, 0.3) is 0 Å². The quantitative estimate of drug-likeness (QED) is 0.705. The van der Waals surface area contributed by atoms with E-state index in [-0.39, 0.29) is 29.4 Å². The molecule has 0 aliphatic rings. The summed E-state index contributed by atoms with van der Waals surface area (Å²) in [4.78, 5) is 22.0. The summed E-state index contributed by atoms with van der Waals surface area (Å²) in [5.41, 5.74) is 0.248. The fourth-order valence-corrected chi connectivity index (χ4v) is 3.07. The van der Waals surface area contributed by atoms with E-state index in [0.29, 0.717) is 0 Å². The Morgan fingerprint density at radius 2 is 2.00 bits per heavy atom. The Labute approximate surface area is 123 Å². The third-order valence-corrected chi connectivity index (χ3v) is 4.58. The Morgan fingerprint density at radius 1 is 1.33 bits per heavy atom. The Balaban J connectivity index is 3.17. The highest BCUT2D eigenvalue weighted by atomic mass is 32.2. The third kappa shape index (κ3) is 4.62. The molecule has 0 spiro atoms. The zero-order chi connectivity index (χ0) is 16.0. The van der Waals surface area contributed by atoms with Crippen LogP contribution < -0.4 is 0 Å². The molecule has 116 valence electrons. The van der Waals surface area contributed by atoms with Crippen molar-refractivity contribution in [2.45, 2.75) is 11.8 Å². The summed E-state index contributed by atoms with van der Waals surface area (Å²) in [6.45, 7) is 0.635. The number of rotatable bonds is 8. The standard InChI is InChI=1S/C13H17NO6S/c1-10(15)11-4-3-5-12(8-11)21(18,19)14(6-7-20-2)9-13(16)17/h3-5,8H,6-7,9H2,1-2H3,(H,16,17). The minimum Gasteiger partial charge on any atom is -0.480 e. The number of benzene rings is 1. The molecule has 0 aliphatic carbocycles. The van der Waals surface area contributed by atoms with Crippen LogP contribution in [0.3, 0.4) is 0 Å². The molecule has 8 heteroatoms. The molecule has 0 aliphatic heterocycles. The smallest absolute Gasteiger partial charge is 0.318 e. The van der Waals surface area contributed by atoms with Gasteiger partial charge in [0, 0.05) is 19.2 Å². The molecule has 21 heavy (non-hydrogen) atoms. The predicted octanol–water partition coefficient (Wildman–Crippen LogP) is 0.611. The lowest BCUT2D eigenvalue weighted by atomic mass is 10.2. The van der Waals surface area contributed by atoms with Gasteiger partial charge in [0.25, 0.3) is 0 Å². The molecule has 0 heterocycles. The first kappa shape index (κ1) is 17.3. The number of carboxylic acids is 1. The molecule has 0 atom stereocenters. The van der Waals surface area contributed by atoms with Gasteiger partial charge in [0.15, 0.2) is 5.78 Å². The van der Waals surface area contributed by atoms with Gasteiger partial charge in [-0.1, -0.05) is 12.1 Å². The molecule has 1 rings (SSSR count). The van der Waals surface area contributed by atoms with E-state index >= 15 is 0 Å². The second kappa shape index (κ2) is 7.30. The first-order valence-electron chi connectivity index (χ1n) is 6.11. The monoisotopic (exact) mass is 315 g/mol. The van der Waals surface area contributed by atoms with E-state index in [2.05, 4.69) is 0 Å². The molecule has 1 aromatic rings. The molecule has 0 saturated heterocycles. The Kier molecular flexibility index (Phi) is 6.01. The van der Waals surface area contributed by atoms with Crippen molar-refractivity contribution in [1.82, 2.24) is 4.31 Å². The van der Waals surface area contributed by atoms with Crippen molar-refractivity contribution in [3.8, 4) is 0 Å². The average Bonchev–Trinajstić information content (AvgIpc) is 2.43. The summed E-state index contributed by atoms with van der Waals surface area (Å²) in [7, 11) is -2.61. The molecule has 0 radical (unpaired) electrons. The van der Waals surface area contributed by atoms with Gasteiger partial charge >= 0.3 is 5.97 Å². The summed E-state index contributed by atoms with van der Waals surface area (Å²) in [6, 6.07) is 5.50. The van der Waals surface area contributed by atoms with Gasteiger partial charge in [-0.2, -0.15) is 4.31 Å². The van der Waals surface area contributed by atoms with E-state index in [1.807, 2.05) is 0 Å². The largest absolute Gasteiger partial charge is 0.480 e. The molecule has 0 unspecified atom stereocenters. The number of ketones is 1. The second-order valence-corrected chi connectivity index (χ2v) is 6.25. The van der Waals surface area contributed by atoms with Crippen molar-refractivity contribution >= 4 is 21.8 Å². The van der Waals surface area contributed by atoms with E-state index in [1.54, 1.807) is 0 Å². The highest BCUT2D eigenvalue weighted by Crippen LogP contribution is 2.17. The molecule has 0 aromatic heterocycles. The molecule has 0 amide bonds. The second-order valence-electron chi connectivity index (χ2n) is 4.31. The lowest BCUT2D eigenvalue weighted by Crippen LogP contribution is -2.38. The van der Waals surface area contributed by atoms with Crippen LogP contribution in [0.4, 0.5) is 0 Å². The average molecular weight is 315 g/mol. The van der Waals surface area contributed by atoms with E-state index in [4.69, 9.17) is 9.84 Å². The lowest BCUT2D eigenvalue weighted by molar-refractivity contribution is -0.137. The van der Waals surface area contributed by atoms with Crippen molar-refractivity contribution in [3.63, 3.8) is 0 Å². The van der Waals surface area contributed by atoms with Gasteiger partial charge in [-0.25, -0.2) is 8.42 Å². The molecular formula is C13H17NO6S. The minimum absolute atomic E-state index is 0.0684. The molecule has 1 N–H and O–H groups in total. The highest BCUT2D eigenvalue weighted by molar-refractivity contribution is 7.89. The van der Waals surface area contributed by atoms with Crippen LogP contribution in [-0.4, -0.2) is 56.4 Å². The van der Waals surface area contributed by atoms with E-state index in [1.165, 1.54) is 38.3 Å². The Bertz CT molecular complexity index is 625. The van der Waals surface area contributed by atoms with Crippen molar-refractivity contribution in [3.05, 3.63) is 29.8 Å². The minimum atomic E-state index is -4.00. The van der Waals surface area contributed by atoms with E-state index in [0.717, 1.165) is 4.31 Å². The zero-order valence-electron chi connectivity index (χ0n) is 11.8. The van der Waals surface area contributed by atoms with Crippen molar-refractivity contribution in [2.75, 3.05) is 26.8 Å². The van der Waals surface area contributed by atoms with Gasteiger partial charge in [0.1, 0.15) is 6.54 Å². The number of methoxy groups -OCH3 is 1. The summed E-state index contributed by atoms with van der Waals surface area (Å²) >= 11 is 0. The SMILES string of the molecule is COCCN(CC(=O)O)S(=O)(=O)c1cccc(C(C)=O)c1. The highest BCUT2D eigenvalue weighted by Gasteiger charge is 2.26. The summed E-state index contributed by atoms with van der Waals surface area (Å²) in [6.07, 6.45) is 0. The van der Waals surface area contributed by atoms with Gasteiger partial charge in [-0.05, 0) is 19.1 Å². The van der Waals surface area contributed by atoms with Gasteiger partial charge < -0.3 is 9.84 Å². The van der Waals surface area contributed by atoms with Crippen molar-refractivity contribution in [1.29, 1.82) is 0 Å². The van der Waals surface area contributed by atoms with Gasteiger partial charge in [-0.3, -0.25) is 9.59 Å². The topological polar surface area (TPSA) is 101 Å². The number of carbonyl (C=O) groups is 2. The van der Waals surface area contributed by atoms with Gasteiger partial charge in [-0.15, -0.1) is 0 Å². The number of ether oxygens (including phenoxy) is 1. The number of hydrogen-bond acceptors (Lipinski definition) is 5. The predicted molar refractivity (Wildman–Crippen MR) is 74.7 cm³/mol. The van der Waals surface area contributed by atoms with Crippen LogP contribution in [0.5, 0.6) is 0 Å². The number of carbonyl (C=O) groups excluding carboxylic acids is 1. The van der Waals surface area contributed by atoms with Crippen LogP contribution in [-0.2, 0) is 19.6 Å². The number of carboxylic acid groups (broad SMARTS) is 1. The molecular weight excluding hydrogens is 298 g/mol. The third-order valence-electron chi connectivity index (χ3n) is 2.73. The lowest BCUT2D eigenvalue weighted by Gasteiger charge is -2.20. The molecule has 0 fully saturated rings. The van der Waals surface area contributed by atoms with E-state index < -0.39 is 22.5 Å². The van der Waals surface area contributed by atoms with Crippen LogP contribution >= 0.6 is 0 Å². The maximum absolute atomic E-state index is 12.4. The number of nitrogens with zero attached hydrogens (tertiary/aromatic N) is 1. The fourth-order valence-electron chi connectivity index (χ4n) is 1.65. The molecule has 7 nitrogen and oxygen atoms in total. The summed E-state index contributed by atoms with van der Waals surface area (Å²) < 4.78 is 30.5. The van der Waals surface area contributed by atoms with E-state index in [9.17, 15) is 18.0 Å². The maximum atomic E-state index is 12.4. The Hall–Kier alpha value is -1.77. The van der Waals surface area contributed by atoms with Crippen LogP contribution in [0.2, 0.25) is 0 Å². The van der Waals surface area contributed by atoms with Gasteiger partial charge in [0.2, 0.25) is 10.0 Å². The van der Waals surface area contributed by atoms with Crippen LogP contribution in [0.15, 0.2) is 29.2 Å².